The number of amides is 2. The van der Waals surface area contributed by atoms with Gasteiger partial charge in [0.2, 0.25) is 4.96 Å². The monoisotopic (exact) mass is 439 g/mol. The minimum Gasteiger partial charge on any atom is -0.497 e. The third-order valence-electron chi connectivity index (χ3n) is 5.03. The highest BCUT2D eigenvalue weighted by Gasteiger charge is 2.26. The third kappa shape index (κ3) is 3.48. The zero-order valence-electron chi connectivity index (χ0n) is 16.1. The van der Waals surface area contributed by atoms with E-state index in [1.54, 1.807) is 29.4 Å². The Morgan fingerprint density at radius 3 is 2.87 bits per heavy atom. The van der Waals surface area contributed by atoms with Crippen LogP contribution in [0, 0.1) is 0 Å². The van der Waals surface area contributed by atoms with Crippen LogP contribution in [0.3, 0.4) is 0 Å². The predicted octanol–water partition coefficient (Wildman–Crippen LogP) is 4.71. The van der Waals surface area contributed by atoms with Gasteiger partial charge in [-0.05, 0) is 36.4 Å². The van der Waals surface area contributed by atoms with Crippen molar-refractivity contribution < 1.29 is 9.53 Å². The molecule has 3 heterocycles. The quantitative estimate of drug-likeness (QED) is 0.501. The van der Waals surface area contributed by atoms with Crippen molar-refractivity contribution in [3.8, 4) is 17.1 Å². The number of aromatic nitrogens is 3. The Morgan fingerprint density at radius 1 is 1.23 bits per heavy atom. The third-order valence-corrected chi connectivity index (χ3v) is 6.34. The number of rotatable bonds is 3. The molecule has 1 aliphatic heterocycles. The van der Waals surface area contributed by atoms with Gasteiger partial charge in [0.05, 0.1) is 19.3 Å². The predicted molar refractivity (Wildman–Crippen MR) is 117 cm³/mol. The second kappa shape index (κ2) is 7.62. The summed E-state index contributed by atoms with van der Waals surface area (Å²) in [6.45, 7) is 1.15. The zero-order valence-corrected chi connectivity index (χ0v) is 17.7. The van der Waals surface area contributed by atoms with Crippen LogP contribution in [-0.4, -0.2) is 39.2 Å². The van der Waals surface area contributed by atoms with Crippen molar-refractivity contribution in [2.75, 3.05) is 19.0 Å². The largest absolute Gasteiger partial charge is 0.497 e. The molecule has 0 spiro atoms. The van der Waals surface area contributed by atoms with Crippen LogP contribution >= 0.6 is 22.9 Å². The van der Waals surface area contributed by atoms with Crippen LogP contribution in [-0.2, 0) is 13.0 Å². The molecule has 0 unspecified atom stereocenters. The highest BCUT2D eigenvalue weighted by atomic mass is 35.5. The molecule has 0 atom stereocenters. The maximum Gasteiger partial charge on any atom is 0.322 e. The number of urea groups is 1. The second-order valence-corrected chi connectivity index (χ2v) is 8.44. The van der Waals surface area contributed by atoms with Crippen LogP contribution < -0.4 is 10.1 Å². The first-order chi connectivity index (χ1) is 14.6. The van der Waals surface area contributed by atoms with E-state index >= 15 is 0 Å². The Labute approximate surface area is 181 Å². The van der Waals surface area contributed by atoms with Gasteiger partial charge in [-0.25, -0.2) is 9.31 Å². The van der Waals surface area contributed by atoms with Crippen LogP contribution in [0.2, 0.25) is 5.02 Å². The van der Waals surface area contributed by atoms with E-state index in [1.807, 2.05) is 47.0 Å². The highest BCUT2D eigenvalue weighted by molar-refractivity contribution is 7.17. The molecule has 2 amide bonds. The number of carbonyl (C=O) groups excluding carboxylic acids is 1. The van der Waals surface area contributed by atoms with Crippen LogP contribution in [0.25, 0.3) is 16.3 Å². The number of nitrogens with zero attached hydrogens (tertiary/aromatic N) is 4. The molecule has 7 nitrogen and oxygen atoms in total. The molecule has 152 valence electrons. The molecule has 0 aliphatic carbocycles. The molecule has 30 heavy (non-hydrogen) atoms. The number of halogens is 1. The summed E-state index contributed by atoms with van der Waals surface area (Å²) in [5.74, 6) is 1.38. The number of thiazole rings is 1. The fourth-order valence-corrected chi connectivity index (χ4v) is 4.73. The molecule has 9 heteroatoms. The number of nitrogens with one attached hydrogen (secondary N) is 1. The number of hydrogen-bond acceptors (Lipinski definition) is 5. The van der Waals surface area contributed by atoms with Crippen molar-refractivity contribution >= 4 is 39.6 Å². The number of hydrogen-bond donors (Lipinski definition) is 1. The van der Waals surface area contributed by atoms with Gasteiger partial charge < -0.3 is 15.0 Å². The number of benzene rings is 2. The Bertz CT molecular complexity index is 1230. The lowest BCUT2D eigenvalue weighted by Gasteiger charge is -2.26. The van der Waals surface area contributed by atoms with Crippen molar-refractivity contribution in [3.63, 3.8) is 0 Å². The lowest BCUT2D eigenvalue weighted by molar-refractivity contribution is 0.206. The van der Waals surface area contributed by atoms with Gasteiger partial charge in [-0.3, -0.25) is 0 Å². The average Bonchev–Trinajstić information content (AvgIpc) is 3.32. The molecule has 2 aromatic carbocycles. The Morgan fingerprint density at radius 2 is 2.07 bits per heavy atom. The van der Waals surface area contributed by atoms with Crippen LogP contribution in [0.4, 0.5) is 10.5 Å². The number of anilines is 1. The summed E-state index contributed by atoms with van der Waals surface area (Å²) >= 11 is 7.54. The smallest absolute Gasteiger partial charge is 0.322 e. The number of carbonyl (C=O) groups is 1. The van der Waals surface area contributed by atoms with Gasteiger partial charge in [-0.2, -0.15) is 4.98 Å². The minimum absolute atomic E-state index is 0.130. The normalized spacial score (nSPS) is 13.3. The summed E-state index contributed by atoms with van der Waals surface area (Å²) in [7, 11) is 1.60. The molecule has 0 radical (unpaired) electrons. The van der Waals surface area contributed by atoms with Gasteiger partial charge in [-0.15, -0.1) is 5.10 Å². The number of ether oxygens (including phenoxy) is 1. The van der Waals surface area contributed by atoms with Crippen LogP contribution in [0.5, 0.6) is 5.75 Å². The van der Waals surface area contributed by atoms with Crippen molar-refractivity contribution in [2.45, 2.75) is 13.0 Å². The summed E-state index contributed by atoms with van der Waals surface area (Å²) < 4.78 is 7.12. The van der Waals surface area contributed by atoms with E-state index in [4.69, 9.17) is 16.3 Å². The van der Waals surface area contributed by atoms with E-state index in [1.165, 1.54) is 0 Å². The molecule has 0 saturated heterocycles. The standard InChI is InChI=1S/C21H18ClN5O2S/c1-29-16-4-2-3-15(11-16)23-20(28)26-10-9-17-18(12-26)30-21-24-19(25-27(17)21)13-5-7-14(22)8-6-13/h2-8,11H,9-10,12H2,1H3,(H,23,28). The van der Waals surface area contributed by atoms with Gasteiger partial charge in [-0.1, -0.05) is 29.0 Å². The van der Waals surface area contributed by atoms with E-state index in [0.717, 1.165) is 27.5 Å². The Hall–Kier alpha value is -3.10. The average molecular weight is 440 g/mol. The lowest BCUT2D eigenvalue weighted by atomic mass is 10.2. The fourth-order valence-electron chi connectivity index (χ4n) is 3.49. The van der Waals surface area contributed by atoms with Crippen molar-refractivity contribution in [1.29, 1.82) is 0 Å². The van der Waals surface area contributed by atoms with E-state index in [0.29, 0.717) is 35.4 Å². The molecule has 0 bridgehead atoms. The van der Waals surface area contributed by atoms with Crippen LogP contribution in [0.1, 0.15) is 10.6 Å². The summed E-state index contributed by atoms with van der Waals surface area (Å²) in [5.41, 5.74) is 2.76. The molecule has 0 saturated carbocycles. The molecule has 1 aliphatic rings. The van der Waals surface area contributed by atoms with Gasteiger partial charge in [0, 0.05) is 40.2 Å². The molecule has 1 N–H and O–H groups in total. The van der Waals surface area contributed by atoms with Gasteiger partial charge in [0.15, 0.2) is 5.82 Å². The van der Waals surface area contributed by atoms with Gasteiger partial charge >= 0.3 is 6.03 Å². The lowest BCUT2D eigenvalue weighted by Crippen LogP contribution is -2.38. The molecule has 5 rings (SSSR count). The Balaban J connectivity index is 1.34. The number of methoxy groups -OCH3 is 1. The molecular weight excluding hydrogens is 422 g/mol. The number of fused-ring (bicyclic) bond motifs is 3. The molecule has 2 aromatic heterocycles. The van der Waals surface area contributed by atoms with E-state index < -0.39 is 0 Å². The van der Waals surface area contributed by atoms with Gasteiger partial charge in [0.25, 0.3) is 0 Å². The molecule has 0 fully saturated rings. The fraction of sp³-hybridized carbons (Fsp3) is 0.190. The van der Waals surface area contributed by atoms with Crippen molar-refractivity contribution in [1.82, 2.24) is 19.5 Å². The van der Waals surface area contributed by atoms with E-state index in [2.05, 4.69) is 15.4 Å². The van der Waals surface area contributed by atoms with E-state index in [-0.39, 0.29) is 6.03 Å². The second-order valence-electron chi connectivity index (χ2n) is 6.94. The first kappa shape index (κ1) is 18.9. The van der Waals surface area contributed by atoms with Gasteiger partial charge in [0.1, 0.15) is 5.75 Å². The zero-order chi connectivity index (χ0) is 20.7. The summed E-state index contributed by atoms with van der Waals surface area (Å²) in [6, 6.07) is 14.7. The molecular formula is C21H18ClN5O2S. The first-order valence-corrected chi connectivity index (χ1v) is 10.6. The summed E-state index contributed by atoms with van der Waals surface area (Å²) in [5, 5.41) is 8.31. The van der Waals surface area contributed by atoms with E-state index in [9.17, 15) is 4.79 Å². The summed E-state index contributed by atoms with van der Waals surface area (Å²) in [4.78, 5) is 21.1. The topological polar surface area (TPSA) is 71.8 Å². The Kier molecular flexibility index (Phi) is 4.80. The van der Waals surface area contributed by atoms with Crippen molar-refractivity contribution in [2.24, 2.45) is 0 Å². The molecule has 4 aromatic rings. The SMILES string of the molecule is COc1cccc(NC(=O)N2CCc3c(sc4nc(-c5ccc(Cl)cc5)nn34)C2)c1. The van der Waals surface area contributed by atoms with Crippen LogP contribution in [0.15, 0.2) is 48.5 Å². The maximum absolute atomic E-state index is 12.7. The summed E-state index contributed by atoms with van der Waals surface area (Å²) in [6.07, 6.45) is 0.726. The maximum atomic E-state index is 12.7. The minimum atomic E-state index is -0.130. The first-order valence-electron chi connectivity index (χ1n) is 9.44. The highest BCUT2D eigenvalue weighted by Crippen LogP contribution is 2.30. The van der Waals surface area contributed by atoms with Crippen molar-refractivity contribution in [3.05, 3.63) is 64.1 Å².